The molecule has 0 aliphatic carbocycles. The van der Waals surface area contributed by atoms with Gasteiger partial charge in [-0.1, -0.05) is 0 Å². The van der Waals surface area contributed by atoms with E-state index in [0.717, 1.165) is 0 Å². The van der Waals surface area contributed by atoms with Crippen LogP contribution in [0.5, 0.6) is 0 Å². The first-order valence-electron chi connectivity index (χ1n) is 4.85. The van der Waals surface area contributed by atoms with Crippen molar-refractivity contribution >= 4 is 31.6 Å². The Hall–Kier alpha value is -1.38. The quantitative estimate of drug-likeness (QED) is 0.889. The van der Waals surface area contributed by atoms with Crippen LogP contribution in [0.4, 0.5) is 5.69 Å². The smallest absolute Gasteiger partial charge is 0.266 e. The van der Waals surface area contributed by atoms with Crippen LogP contribution in [0.15, 0.2) is 44.6 Å². The van der Waals surface area contributed by atoms with Gasteiger partial charge in [-0.15, -0.1) is 0 Å². The SMILES string of the molecule is O=S(=O)(Nc1ccncc1)c1cc(CO)oc1Br. The molecule has 2 heterocycles. The summed E-state index contributed by atoms with van der Waals surface area (Å²) in [5.74, 6) is 0.164. The Morgan fingerprint density at radius 2 is 2.06 bits per heavy atom. The number of furan rings is 1. The van der Waals surface area contributed by atoms with Crippen LogP contribution >= 0.6 is 15.9 Å². The van der Waals surface area contributed by atoms with Gasteiger partial charge in [-0.25, -0.2) is 8.42 Å². The second-order valence-electron chi connectivity index (χ2n) is 3.35. The standard InChI is InChI=1S/C10H9BrN2O4S/c11-10-9(5-8(6-14)17-10)18(15,16)13-7-1-3-12-4-2-7/h1-5,14H,6H2,(H,12,13). The van der Waals surface area contributed by atoms with Crippen LogP contribution in [-0.2, 0) is 16.6 Å². The number of nitrogens with zero attached hydrogens (tertiary/aromatic N) is 1. The third-order valence-corrected chi connectivity index (χ3v) is 4.32. The molecule has 2 aromatic heterocycles. The molecule has 2 N–H and O–H groups in total. The minimum atomic E-state index is -3.76. The Kier molecular flexibility index (Phi) is 3.69. The number of anilines is 1. The maximum atomic E-state index is 12.0. The Bertz CT molecular complexity index is 639. The molecule has 0 saturated carbocycles. The van der Waals surface area contributed by atoms with Crippen LogP contribution in [-0.4, -0.2) is 18.5 Å². The zero-order valence-corrected chi connectivity index (χ0v) is 11.4. The van der Waals surface area contributed by atoms with Crippen LogP contribution in [0.2, 0.25) is 0 Å². The highest BCUT2D eigenvalue weighted by atomic mass is 79.9. The molecule has 0 aromatic carbocycles. The van der Waals surface area contributed by atoms with Gasteiger partial charge < -0.3 is 9.52 Å². The number of aliphatic hydroxyl groups is 1. The van der Waals surface area contributed by atoms with Crippen molar-refractivity contribution in [3.05, 3.63) is 41.0 Å². The number of sulfonamides is 1. The summed E-state index contributed by atoms with van der Waals surface area (Å²) in [6, 6.07) is 4.31. The van der Waals surface area contributed by atoms with Crippen molar-refractivity contribution < 1.29 is 17.9 Å². The molecule has 0 unspecified atom stereocenters. The first-order valence-corrected chi connectivity index (χ1v) is 7.12. The number of nitrogens with one attached hydrogen (secondary N) is 1. The Labute approximate surface area is 112 Å². The van der Waals surface area contributed by atoms with Gasteiger partial charge in [-0.05, 0) is 28.1 Å². The summed E-state index contributed by atoms with van der Waals surface area (Å²) in [5, 5.41) is 8.89. The number of halogens is 1. The van der Waals surface area contributed by atoms with Gasteiger partial charge >= 0.3 is 0 Å². The summed E-state index contributed by atoms with van der Waals surface area (Å²) in [5.41, 5.74) is 0.392. The lowest BCUT2D eigenvalue weighted by molar-refractivity contribution is 0.245. The molecule has 96 valence electrons. The molecule has 0 amide bonds. The molecule has 18 heavy (non-hydrogen) atoms. The molecule has 2 rings (SSSR count). The number of aromatic nitrogens is 1. The Morgan fingerprint density at radius 3 is 2.61 bits per heavy atom. The van der Waals surface area contributed by atoms with Crippen LogP contribution in [0.25, 0.3) is 0 Å². The monoisotopic (exact) mass is 332 g/mol. The van der Waals surface area contributed by atoms with Crippen molar-refractivity contribution in [3.8, 4) is 0 Å². The van der Waals surface area contributed by atoms with Crippen LogP contribution < -0.4 is 4.72 Å². The first-order chi connectivity index (χ1) is 8.53. The van der Waals surface area contributed by atoms with Gasteiger partial charge in [0.05, 0.1) is 5.69 Å². The highest BCUT2D eigenvalue weighted by Crippen LogP contribution is 2.27. The summed E-state index contributed by atoms with van der Waals surface area (Å²) in [6.07, 6.45) is 2.95. The minimum absolute atomic E-state index is 0.0492. The van der Waals surface area contributed by atoms with Crippen LogP contribution in [0, 0.1) is 0 Å². The van der Waals surface area contributed by atoms with Crippen molar-refractivity contribution in [1.29, 1.82) is 0 Å². The largest absolute Gasteiger partial charge is 0.450 e. The van der Waals surface area contributed by atoms with Crippen molar-refractivity contribution in [2.24, 2.45) is 0 Å². The molecule has 0 fully saturated rings. The zero-order chi connectivity index (χ0) is 13.2. The van der Waals surface area contributed by atoms with Gasteiger partial charge in [0.25, 0.3) is 10.0 Å². The number of aliphatic hydroxyl groups excluding tert-OH is 1. The van der Waals surface area contributed by atoms with E-state index in [9.17, 15) is 8.42 Å². The molecule has 0 spiro atoms. The number of pyridine rings is 1. The first kappa shape index (κ1) is 13.1. The van der Waals surface area contributed by atoms with E-state index in [1.165, 1.54) is 30.6 Å². The third-order valence-electron chi connectivity index (χ3n) is 2.08. The van der Waals surface area contributed by atoms with Crippen molar-refractivity contribution in [3.63, 3.8) is 0 Å². The van der Waals surface area contributed by atoms with E-state index in [2.05, 4.69) is 25.6 Å². The molecule has 0 aliphatic rings. The summed E-state index contributed by atoms with van der Waals surface area (Å²) in [4.78, 5) is 3.72. The van der Waals surface area contributed by atoms with Gasteiger partial charge in [-0.2, -0.15) is 0 Å². The Morgan fingerprint density at radius 1 is 1.39 bits per heavy atom. The van der Waals surface area contributed by atoms with E-state index in [-0.39, 0.29) is 21.9 Å². The predicted octanol–water partition coefficient (Wildman–Crippen LogP) is 1.73. The van der Waals surface area contributed by atoms with Crippen LogP contribution in [0.3, 0.4) is 0 Å². The average molecular weight is 333 g/mol. The van der Waals surface area contributed by atoms with E-state index < -0.39 is 10.0 Å². The molecule has 6 nitrogen and oxygen atoms in total. The fraction of sp³-hybridized carbons (Fsp3) is 0.100. The second-order valence-corrected chi connectivity index (χ2v) is 5.72. The van der Waals surface area contributed by atoms with Gasteiger partial charge in [0, 0.05) is 18.5 Å². The van der Waals surface area contributed by atoms with E-state index in [1.807, 2.05) is 0 Å². The number of hydrogen-bond acceptors (Lipinski definition) is 5. The van der Waals surface area contributed by atoms with Gasteiger partial charge in [0.1, 0.15) is 17.3 Å². The molecule has 0 radical (unpaired) electrons. The molecule has 0 bridgehead atoms. The topological polar surface area (TPSA) is 92.4 Å². The van der Waals surface area contributed by atoms with E-state index in [1.54, 1.807) is 0 Å². The lowest BCUT2D eigenvalue weighted by Gasteiger charge is -2.05. The molecular formula is C10H9BrN2O4S. The predicted molar refractivity (Wildman–Crippen MR) is 67.4 cm³/mol. The van der Waals surface area contributed by atoms with Crippen molar-refractivity contribution in [2.75, 3.05) is 4.72 Å². The maximum absolute atomic E-state index is 12.0. The Balaban J connectivity index is 2.34. The molecule has 0 atom stereocenters. The van der Waals surface area contributed by atoms with E-state index >= 15 is 0 Å². The zero-order valence-electron chi connectivity index (χ0n) is 9.00. The van der Waals surface area contributed by atoms with Gasteiger partial charge in [-0.3, -0.25) is 9.71 Å². The maximum Gasteiger partial charge on any atom is 0.266 e. The van der Waals surface area contributed by atoms with Crippen molar-refractivity contribution in [1.82, 2.24) is 4.98 Å². The van der Waals surface area contributed by atoms with E-state index in [4.69, 9.17) is 9.52 Å². The number of hydrogen-bond donors (Lipinski definition) is 2. The van der Waals surface area contributed by atoms with Crippen molar-refractivity contribution in [2.45, 2.75) is 11.5 Å². The highest BCUT2D eigenvalue weighted by Gasteiger charge is 2.22. The highest BCUT2D eigenvalue weighted by molar-refractivity contribution is 9.10. The van der Waals surface area contributed by atoms with Gasteiger partial charge in [0.15, 0.2) is 4.67 Å². The fourth-order valence-corrected chi connectivity index (χ4v) is 3.35. The minimum Gasteiger partial charge on any atom is -0.450 e. The van der Waals surface area contributed by atoms with Gasteiger partial charge in [0.2, 0.25) is 0 Å². The lowest BCUT2D eigenvalue weighted by Crippen LogP contribution is -2.12. The summed E-state index contributed by atoms with van der Waals surface area (Å²) >= 11 is 3.00. The summed E-state index contributed by atoms with van der Waals surface area (Å²) < 4.78 is 31.5. The van der Waals surface area contributed by atoms with E-state index in [0.29, 0.717) is 5.69 Å². The number of rotatable bonds is 4. The molecule has 0 aliphatic heterocycles. The molecule has 2 aromatic rings. The molecular weight excluding hydrogens is 324 g/mol. The second kappa shape index (κ2) is 5.09. The summed E-state index contributed by atoms with van der Waals surface area (Å²) in [6.45, 7) is -0.372. The fourth-order valence-electron chi connectivity index (χ4n) is 1.29. The lowest BCUT2D eigenvalue weighted by atomic mass is 10.4. The third kappa shape index (κ3) is 2.71. The normalized spacial score (nSPS) is 11.4. The average Bonchev–Trinajstić information content (AvgIpc) is 2.72. The molecule has 0 saturated heterocycles. The summed E-state index contributed by atoms with van der Waals surface area (Å²) in [7, 11) is -3.76. The van der Waals surface area contributed by atoms with Crippen LogP contribution in [0.1, 0.15) is 5.76 Å². The molecule has 8 heteroatoms.